The average Bonchev–Trinajstić information content (AvgIpc) is 3.25. The van der Waals surface area contributed by atoms with E-state index in [0.717, 1.165) is 35.1 Å². The summed E-state index contributed by atoms with van der Waals surface area (Å²) < 4.78 is 2.69. The quantitative estimate of drug-likeness (QED) is 0.0468. The van der Waals surface area contributed by atoms with Crippen molar-refractivity contribution >= 4 is 193 Å². The van der Waals surface area contributed by atoms with Crippen LogP contribution in [0.25, 0.3) is 0 Å². The van der Waals surface area contributed by atoms with Crippen molar-refractivity contribution in [3.05, 3.63) is 0 Å². The van der Waals surface area contributed by atoms with Crippen LogP contribution in [0.1, 0.15) is 0 Å². The Hall–Kier alpha value is 5.60. The minimum absolute atomic E-state index is 0.462. The van der Waals surface area contributed by atoms with Gasteiger partial charge in [0, 0.05) is 46.4 Å². The van der Waals surface area contributed by atoms with Crippen molar-refractivity contribution < 1.29 is 0 Å². The summed E-state index contributed by atoms with van der Waals surface area (Å²) in [5.41, 5.74) is 0. The molecule has 30 heavy (non-hydrogen) atoms. The lowest BCUT2D eigenvalue weighted by Gasteiger charge is -2.31. The maximum atomic E-state index is 4.53. The van der Waals surface area contributed by atoms with Gasteiger partial charge in [0.2, 0.25) is 0 Å². The van der Waals surface area contributed by atoms with Crippen LogP contribution in [0.4, 0.5) is 0 Å². The first-order valence-electron chi connectivity index (χ1n) is 8.48. The summed E-state index contributed by atoms with van der Waals surface area (Å²) in [5, 5.41) is 7.76. The number of thiol groups is 5. The molecule has 1 aliphatic rings. The number of thioether (sulfide) groups is 11. The van der Waals surface area contributed by atoms with E-state index < -0.39 is 0 Å². The standard InChI is InChI=1S/C14H28S16/c15-2-22-11(23-3-16)13(26-6-19)30-14(12(24-4-17)25-5-18)29-9-21-8-28-10-1-20-7-27-10/h10-19H,1-9H2. The third kappa shape index (κ3) is 15.8. The van der Waals surface area contributed by atoms with Crippen LogP contribution in [0.15, 0.2) is 0 Å². The molecule has 0 aromatic heterocycles. The molecule has 0 amide bonds. The van der Waals surface area contributed by atoms with Gasteiger partial charge in [-0.1, -0.05) is 0 Å². The maximum Gasteiger partial charge on any atom is 0.0733 e. The predicted molar refractivity (Wildman–Crippen MR) is 191 cm³/mol. The van der Waals surface area contributed by atoms with Gasteiger partial charge in [-0.25, -0.2) is 0 Å². The lowest BCUT2D eigenvalue weighted by Crippen LogP contribution is -2.22. The molecule has 1 heterocycles. The normalized spacial score (nSPS) is 19.1. The van der Waals surface area contributed by atoms with Crippen LogP contribution >= 0.6 is 193 Å². The number of rotatable bonds is 20. The Kier molecular flexibility index (Phi) is 26.6. The first-order valence-corrected chi connectivity index (χ1v) is 23.3. The number of hydrogen-bond donors (Lipinski definition) is 5. The van der Waals surface area contributed by atoms with Gasteiger partial charge in [-0.05, 0) is 0 Å². The van der Waals surface area contributed by atoms with Crippen molar-refractivity contribution in [1.82, 2.24) is 0 Å². The number of hydrogen-bond acceptors (Lipinski definition) is 16. The Morgan fingerprint density at radius 3 is 1.63 bits per heavy atom. The van der Waals surface area contributed by atoms with Crippen molar-refractivity contribution in [1.29, 1.82) is 0 Å². The van der Waals surface area contributed by atoms with Crippen LogP contribution in [-0.4, -0.2) is 69.3 Å². The van der Waals surface area contributed by atoms with Crippen molar-refractivity contribution in [2.24, 2.45) is 0 Å². The van der Waals surface area contributed by atoms with E-state index in [1.165, 1.54) is 15.9 Å². The lowest BCUT2D eigenvalue weighted by molar-refractivity contribution is 1.30. The Morgan fingerprint density at radius 1 is 0.667 bits per heavy atom. The fourth-order valence-electron chi connectivity index (χ4n) is 1.96. The van der Waals surface area contributed by atoms with Crippen LogP contribution < -0.4 is 0 Å². The fraction of sp³-hybridized carbons (Fsp3) is 1.00. The molecule has 0 aliphatic carbocycles. The molecule has 0 bridgehead atoms. The van der Waals surface area contributed by atoms with Gasteiger partial charge < -0.3 is 0 Å². The smallest absolute Gasteiger partial charge is 0.0733 e. The molecule has 0 nitrogen and oxygen atoms in total. The van der Waals surface area contributed by atoms with Crippen molar-refractivity contribution in [2.75, 3.05) is 46.4 Å². The Morgan fingerprint density at radius 2 is 1.17 bits per heavy atom. The summed E-state index contributed by atoms with van der Waals surface area (Å²) in [6.45, 7) is 0. The van der Waals surface area contributed by atoms with Gasteiger partial charge >= 0.3 is 0 Å². The van der Waals surface area contributed by atoms with E-state index in [-0.39, 0.29) is 0 Å². The first kappa shape index (κ1) is 33.6. The van der Waals surface area contributed by atoms with Gasteiger partial charge in [0.05, 0.1) is 22.9 Å². The summed E-state index contributed by atoms with van der Waals surface area (Å²) in [4.78, 5) is 0. The van der Waals surface area contributed by atoms with Crippen LogP contribution in [0, 0.1) is 0 Å². The maximum absolute atomic E-state index is 4.53. The molecule has 1 saturated heterocycles. The zero-order valence-corrected chi connectivity index (χ0v) is 29.4. The van der Waals surface area contributed by atoms with Crippen molar-refractivity contribution in [2.45, 2.75) is 22.9 Å². The van der Waals surface area contributed by atoms with E-state index >= 15 is 0 Å². The third-order valence-electron chi connectivity index (χ3n) is 3.15. The zero-order chi connectivity index (χ0) is 22.0. The van der Waals surface area contributed by atoms with E-state index in [0.29, 0.717) is 18.3 Å². The third-order valence-corrected chi connectivity index (χ3v) is 21.8. The molecule has 0 aromatic rings. The van der Waals surface area contributed by atoms with Gasteiger partial charge in [-0.2, -0.15) is 63.1 Å². The molecule has 0 N–H and O–H groups in total. The molecular weight excluding hydrogens is 681 g/mol. The SMILES string of the molecule is SCSC(SCS)C(SCS)SC(SCSCSC1CSCS1)C(SCS)SCS. The van der Waals surface area contributed by atoms with Gasteiger partial charge in [0.15, 0.2) is 0 Å². The zero-order valence-electron chi connectivity index (χ0n) is 16.0. The van der Waals surface area contributed by atoms with Crippen LogP contribution in [0.2, 0.25) is 0 Å². The fourth-order valence-corrected chi connectivity index (χ4v) is 22.6. The summed E-state index contributed by atoms with van der Waals surface area (Å²) in [5.74, 6) is 1.30. The first-order chi connectivity index (χ1) is 14.7. The highest BCUT2D eigenvalue weighted by molar-refractivity contribution is 8.34. The van der Waals surface area contributed by atoms with E-state index in [1.807, 2.05) is 58.8 Å². The minimum atomic E-state index is 0.462. The van der Waals surface area contributed by atoms with Gasteiger partial charge in [0.1, 0.15) is 0 Å². The summed E-state index contributed by atoms with van der Waals surface area (Å²) in [7, 11) is 0. The van der Waals surface area contributed by atoms with E-state index in [2.05, 4.69) is 134 Å². The molecule has 3 unspecified atom stereocenters. The molecule has 1 aliphatic heterocycles. The second kappa shape index (κ2) is 23.7. The highest BCUT2D eigenvalue weighted by atomic mass is 32.3. The van der Waals surface area contributed by atoms with Gasteiger partial charge in [-0.3, -0.25) is 0 Å². The van der Waals surface area contributed by atoms with Crippen LogP contribution in [0.3, 0.4) is 0 Å². The van der Waals surface area contributed by atoms with E-state index in [4.69, 9.17) is 0 Å². The molecule has 0 aromatic carbocycles. The molecule has 16 heteroatoms. The molecule has 0 spiro atoms. The van der Waals surface area contributed by atoms with E-state index in [1.54, 1.807) is 0 Å². The van der Waals surface area contributed by atoms with Crippen molar-refractivity contribution in [3.8, 4) is 0 Å². The van der Waals surface area contributed by atoms with Crippen molar-refractivity contribution in [3.63, 3.8) is 0 Å². The Labute approximate surface area is 258 Å². The summed E-state index contributed by atoms with van der Waals surface area (Å²) in [6, 6.07) is 0. The predicted octanol–water partition coefficient (Wildman–Crippen LogP) is 9.00. The molecule has 0 radical (unpaired) electrons. The Bertz CT molecular complexity index is 371. The van der Waals surface area contributed by atoms with E-state index in [9.17, 15) is 0 Å². The highest BCUT2D eigenvalue weighted by Crippen LogP contribution is 2.49. The highest BCUT2D eigenvalue weighted by Gasteiger charge is 2.31. The molecule has 1 fully saturated rings. The summed E-state index contributed by atoms with van der Waals surface area (Å²) >= 11 is 44.7. The molecule has 3 atom stereocenters. The van der Waals surface area contributed by atoms with Gasteiger partial charge in [0.25, 0.3) is 0 Å². The van der Waals surface area contributed by atoms with Gasteiger partial charge in [-0.15, -0.1) is 129 Å². The second-order valence-corrected chi connectivity index (χ2v) is 23.7. The topological polar surface area (TPSA) is 0 Å². The second-order valence-electron chi connectivity index (χ2n) is 4.95. The minimum Gasteiger partial charge on any atom is -0.168 e. The van der Waals surface area contributed by atoms with Crippen LogP contribution in [0.5, 0.6) is 0 Å². The van der Waals surface area contributed by atoms with Crippen LogP contribution in [-0.2, 0) is 0 Å². The summed E-state index contributed by atoms with van der Waals surface area (Å²) in [6.07, 6.45) is 0. The molecular formula is C14H28S16. The molecule has 0 saturated carbocycles. The Balaban J connectivity index is 2.67. The average molecular weight is 709 g/mol. The molecule has 1 rings (SSSR count). The molecule has 180 valence electrons. The lowest BCUT2D eigenvalue weighted by atomic mass is 10.9. The monoisotopic (exact) mass is 708 g/mol. The largest absolute Gasteiger partial charge is 0.168 e.